The summed E-state index contributed by atoms with van der Waals surface area (Å²) in [5, 5.41) is 0.908. The third kappa shape index (κ3) is 4.12. The molecule has 1 amide bonds. The minimum Gasteiger partial charge on any atom is -0.497 e. The summed E-state index contributed by atoms with van der Waals surface area (Å²) >= 11 is 1.52. The lowest BCUT2D eigenvalue weighted by Crippen LogP contribution is -2.34. The van der Waals surface area contributed by atoms with Crippen LogP contribution in [0, 0.1) is 0 Å². The Bertz CT molecular complexity index is 680. The molecule has 0 radical (unpaired) electrons. The average molecular weight is 345 g/mol. The molecule has 5 nitrogen and oxygen atoms in total. The van der Waals surface area contributed by atoms with Gasteiger partial charge >= 0.3 is 0 Å². The van der Waals surface area contributed by atoms with E-state index in [2.05, 4.69) is 16.5 Å². The Hall–Kier alpha value is -1.95. The minimum absolute atomic E-state index is 0.184. The maximum absolute atomic E-state index is 12.7. The molecule has 1 fully saturated rings. The quantitative estimate of drug-likeness (QED) is 0.690. The van der Waals surface area contributed by atoms with Crippen LogP contribution < -0.4 is 4.74 Å². The fraction of sp³-hybridized carbons (Fsp3) is 0.444. The number of carbonyl (C=O) groups excluding carboxylic acids is 1. The highest BCUT2D eigenvalue weighted by Gasteiger charge is 2.32. The van der Waals surface area contributed by atoms with Gasteiger partial charge in [0.25, 0.3) is 0 Å². The van der Waals surface area contributed by atoms with E-state index in [-0.39, 0.29) is 5.91 Å². The van der Waals surface area contributed by atoms with Gasteiger partial charge in [-0.1, -0.05) is 23.9 Å². The summed E-state index contributed by atoms with van der Waals surface area (Å²) in [6.45, 7) is 3.61. The standard InChI is InChI=1S/C18H23N3O2S/c1-3-20-11-10-19-18(20)24-13-17(22)21(15-6-7-15)12-14-4-8-16(23-2)9-5-14/h4-5,8-11,15H,3,6-7,12-13H2,1-2H3. The Balaban J connectivity index is 1.61. The van der Waals surface area contributed by atoms with Crippen molar-refractivity contribution in [2.24, 2.45) is 0 Å². The molecule has 0 atom stereocenters. The molecule has 1 aromatic carbocycles. The van der Waals surface area contributed by atoms with Gasteiger partial charge in [0.15, 0.2) is 5.16 Å². The molecule has 24 heavy (non-hydrogen) atoms. The number of aromatic nitrogens is 2. The number of hydrogen-bond donors (Lipinski definition) is 0. The smallest absolute Gasteiger partial charge is 0.233 e. The number of methoxy groups -OCH3 is 1. The molecule has 6 heteroatoms. The first-order valence-corrected chi connectivity index (χ1v) is 9.26. The topological polar surface area (TPSA) is 47.4 Å². The van der Waals surface area contributed by atoms with Crippen LogP contribution in [0.15, 0.2) is 41.8 Å². The van der Waals surface area contributed by atoms with E-state index in [4.69, 9.17) is 4.74 Å². The lowest BCUT2D eigenvalue weighted by atomic mass is 10.2. The molecule has 1 saturated carbocycles. The van der Waals surface area contributed by atoms with Crippen LogP contribution in [0.5, 0.6) is 5.75 Å². The summed E-state index contributed by atoms with van der Waals surface area (Å²) in [6, 6.07) is 8.33. The molecular formula is C18H23N3O2S. The molecule has 1 aliphatic carbocycles. The largest absolute Gasteiger partial charge is 0.497 e. The van der Waals surface area contributed by atoms with Gasteiger partial charge in [-0.05, 0) is 37.5 Å². The van der Waals surface area contributed by atoms with Crippen LogP contribution in [-0.2, 0) is 17.9 Å². The number of thioether (sulfide) groups is 1. The summed E-state index contributed by atoms with van der Waals surface area (Å²) in [5.41, 5.74) is 1.14. The van der Waals surface area contributed by atoms with Crippen molar-refractivity contribution in [3.63, 3.8) is 0 Å². The normalized spacial score (nSPS) is 13.8. The Labute approximate surface area is 147 Å². The maximum atomic E-state index is 12.7. The van der Waals surface area contributed by atoms with Crippen molar-refractivity contribution in [2.75, 3.05) is 12.9 Å². The molecule has 0 aliphatic heterocycles. The first-order valence-electron chi connectivity index (χ1n) is 8.27. The highest BCUT2D eigenvalue weighted by atomic mass is 32.2. The van der Waals surface area contributed by atoms with Gasteiger partial charge in [-0.25, -0.2) is 4.98 Å². The van der Waals surface area contributed by atoms with E-state index in [9.17, 15) is 4.79 Å². The second-order valence-electron chi connectivity index (χ2n) is 5.89. The first kappa shape index (κ1) is 16.9. The van der Waals surface area contributed by atoms with Crippen LogP contribution in [0.2, 0.25) is 0 Å². The van der Waals surface area contributed by atoms with Gasteiger partial charge in [-0.2, -0.15) is 0 Å². The Kier molecular flexibility index (Phi) is 5.45. The van der Waals surface area contributed by atoms with Crippen molar-refractivity contribution in [1.82, 2.24) is 14.5 Å². The van der Waals surface area contributed by atoms with Crippen molar-refractivity contribution in [2.45, 2.75) is 44.1 Å². The van der Waals surface area contributed by atoms with Gasteiger partial charge in [-0.15, -0.1) is 0 Å². The molecule has 1 aromatic heterocycles. The third-order valence-electron chi connectivity index (χ3n) is 4.16. The molecule has 0 bridgehead atoms. The monoisotopic (exact) mass is 345 g/mol. The molecular weight excluding hydrogens is 322 g/mol. The van der Waals surface area contributed by atoms with Gasteiger partial charge < -0.3 is 14.2 Å². The fourth-order valence-electron chi connectivity index (χ4n) is 2.62. The Morgan fingerprint density at radius 2 is 2.12 bits per heavy atom. The van der Waals surface area contributed by atoms with Crippen molar-refractivity contribution in [3.05, 3.63) is 42.2 Å². The van der Waals surface area contributed by atoms with Crippen LogP contribution in [0.4, 0.5) is 0 Å². The number of imidazole rings is 1. The van der Waals surface area contributed by atoms with E-state index in [1.54, 1.807) is 13.3 Å². The summed E-state index contributed by atoms with van der Waals surface area (Å²) < 4.78 is 7.25. The highest BCUT2D eigenvalue weighted by molar-refractivity contribution is 7.99. The highest BCUT2D eigenvalue weighted by Crippen LogP contribution is 2.30. The van der Waals surface area contributed by atoms with E-state index in [0.29, 0.717) is 18.3 Å². The van der Waals surface area contributed by atoms with Crippen LogP contribution in [0.25, 0.3) is 0 Å². The molecule has 1 heterocycles. The van der Waals surface area contributed by atoms with Gasteiger partial charge in [0.1, 0.15) is 5.75 Å². The van der Waals surface area contributed by atoms with Crippen LogP contribution in [0.3, 0.4) is 0 Å². The zero-order valence-corrected chi connectivity index (χ0v) is 15.0. The number of aryl methyl sites for hydroxylation is 1. The summed E-state index contributed by atoms with van der Waals surface area (Å²) in [6.07, 6.45) is 5.95. The molecule has 1 aliphatic rings. The second-order valence-corrected chi connectivity index (χ2v) is 6.83. The van der Waals surface area contributed by atoms with Crippen molar-refractivity contribution in [1.29, 1.82) is 0 Å². The lowest BCUT2D eigenvalue weighted by molar-refractivity contribution is -0.129. The predicted octanol–water partition coefficient (Wildman–Crippen LogP) is 3.19. The number of amides is 1. The predicted molar refractivity (Wildman–Crippen MR) is 95.2 cm³/mol. The van der Waals surface area contributed by atoms with Crippen molar-refractivity contribution < 1.29 is 9.53 Å². The van der Waals surface area contributed by atoms with Gasteiger partial charge in [-0.3, -0.25) is 4.79 Å². The SMILES string of the molecule is CCn1ccnc1SCC(=O)N(Cc1ccc(OC)cc1)C1CC1. The van der Waals surface area contributed by atoms with E-state index in [0.717, 1.165) is 35.9 Å². The van der Waals surface area contributed by atoms with Crippen LogP contribution in [0.1, 0.15) is 25.3 Å². The minimum atomic E-state index is 0.184. The van der Waals surface area contributed by atoms with Crippen LogP contribution >= 0.6 is 11.8 Å². The molecule has 0 N–H and O–H groups in total. The van der Waals surface area contributed by atoms with Gasteiger partial charge in [0, 0.05) is 31.5 Å². The van der Waals surface area contributed by atoms with E-state index < -0.39 is 0 Å². The molecule has 128 valence electrons. The number of hydrogen-bond acceptors (Lipinski definition) is 4. The maximum Gasteiger partial charge on any atom is 0.233 e. The molecule has 0 unspecified atom stereocenters. The van der Waals surface area contributed by atoms with E-state index in [1.165, 1.54) is 11.8 Å². The average Bonchev–Trinajstić information content (AvgIpc) is 3.35. The number of benzene rings is 1. The summed E-state index contributed by atoms with van der Waals surface area (Å²) in [5.74, 6) is 1.46. The Morgan fingerprint density at radius 1 is 1.38 bits per heavy atom. The number of carbonyl (C=O) groups is 1. The zero-order chi connectivity index (χ0) is 16.9. The van der Waals surface area contributed by atoms with E-state index >= 15 is 0 Å². The molecule has 0 saturated heterocycles. The van der Waals surface area contributed by atoms with Crippen molar-refractivity contribution >= 4 is 17.7 Å². The third-order valence-corrected chi connectivity index (χ3v) is 5.15. The summed E-state index contributed by atoms with van der Waals surface area (Å²) in [7, 11) is 1.66. The van der Waals surface area contributed by atoms with Crippen molar-refractivity contribution in [3.8, 4) is 5.75 Å². The Morgan fingerprint density at radius 3 is 2.75 bits per heavy atom. The second kappa shape index (κ2) is 7.75. The fourth-order valence-corrected chi connectivity index (χ4v) is 3.53. The molecule has 0 spiro atoms. The van der Waals surface area contributed by atoms with E-state index in [1.807, 2.05) is 35.4 Å². The zero-order valence-electron chi connectivity index (χ0n) is 14.1. The van der Waals surface area contributed by atoms with Crippen LogP contribution in [-0.4, -0.2) is 39.3 Å². The molecule has 3 rings (SSSR count). The number of rotatable bonds is 8. The number of nitrogens with zero attached hydrogens (tertiary/aromatic N) is 3. The number of ether oxygens (including phenoxy) is 1. The summed E-state index contributed by atoms with van der Waals surface area (Å²) in [4.78, 5) is 19.0. The molecule has 2 aromatic rings. The lowest BCUT2D eigenvalue weighted by Gasteiger charge is -2.22. The van der Waals surface area contributed by atoms with Gasteiger partial charge in [0.05, 0.1) is 12.9 Å². The van der Waals surface area contributed by atoms with Gasteiger partial charge in [0.2, 0.25) is 5.91 Å². The first-order chi connectivity index (χ1) is 11.7.